The number of rotatable bonds is 2. The van der Waals surface area contributed by atoms with Crippen LogP contribution in [0.15, 0.2) is 12.1 Å². The number of aryl methyl sites for hydroxylation is 1. The van der Waals surface area contributed by atoms with Gasteiger partial charge in [0.1, 0.15) is 11.5 Å². The third-order valence-corrected chi connectivity index (χ3v) is 2.15. The minimum atomic E-state index is 0.0615. The molecule has 13 heavy (non-hydrogen) atoms. The molecule has 0 fully saturated rings. The lowest BCUT2D eigenvalue weighted by molar-refractivity contribution is -0.116. The van der Waals surface area contributed by atoms with Gasteiger partial charge in [0.25, 0.3) is 0 Å². The molecule has 0 bridgehead atoms. The summed E-state index contributed by atoms with van der Waals surface area (Å²) in [5.74, 6) is 0.149. The Hall–Kier alpha value is -1.02. The van der Waals surface area contributed by atoms with Crippen LogP contribution < -0.4 is 0 Å². The minimum absolute atomic E-state index is 0.0615. The smallest absolute Gasteiger partial charge is 0.134 e. The SMILES string of the molecule is CC(=O)Cc1cc(Cl)c(O)cc1C. The summed E-state index contributed by atoms with van der Waals surface area (Å²) >= 11 is 5.71. The topological polar surface area (TPSA) is 37.3 Å². The Morgan fingerprint density at radius 3 is 2.69 bits per heavy atom. The van der Waals surface area contributed by atoms with Gasteiger partial charge in [-0.05, 0) is 37.1 Å². The second-order valence-electron chi connectivity index (χ2n) is 3.11. The van der Waals surface area contributed by atoms with Crippen LogP contribution in [0.2, 0.25) is 5.02 Å². The van der Waals surface area contributed by atoms with Gasteiger partial charge in [-0.25, -0.2) is 0 Å². The van der Waals surface area contributed by atoms with E-state index in [0.29, 0.717) is 11.4 Å². The van der Waals surface area contributed by atoms with Gasteiger partial charge in [0.2, 0.25) is 0 Å². The first-order valence-corrected chi connectivity index (χ1v) is 4.36. The van der Waals surface area contributed by atoms with Crippen LogP contribution in [0, 0.1) is 6.92 Å². The molecule has 0 amide bonds. The number of aromatic hydroxyl groups is 1. The molecule has 0 saturated carbocycles. The maximum absolute atomic E-state index is 10.9. The summed E-state index contributed by atoms with van der Waals surface area (Å²) in [6.07, 6.45) is 0.367. The Bertz CT molecular complexity index is 345. The van der Waals surface area contributed by atoms with Crippen molar-refractivity contribution in [3.63, 3.8) is 0 Å². The summed E-state index contributed by atoms with van der Waals surface area (Å²) < 4.78 is 0. The molecule has 1 N–H and O–H groups in total. The molecule has 1 aromatic carbocycles. The molecule has 70 valence electrons. The van der Waals surface area contributed by atoms with E-state index in [9.17, 15) is 9.90 Å². The highest BCUT2D eigenvalue weighted by atomic mass is 35.5. The molecule has 0 aliphatic carbocycles. The lowest BCUT2D eigenvalue weighted by Gasteiger charge is -2.05. The van der Waals surface area contributed by atoms with Crippen LogP contribution >= 0.6 is 11.6 Å². The number of hydrogen-bond donors (Lipinski definition) is 1. The Labute approximate surface area is 82.2 Å². The average Bonchev–Trinajstić information content (AvgIpc) is 1.99. The van der Waals surface area contributed by atoms with E-state index in [1.54, 1.807) is 12.1 Å². The maximum Gasteiger partial charge on any atom is 0.134 e. The Morgan fingerprint density at radius 1 is 1.54 bits per heavy atom. The fourth-order valence-electron chi connectivity index (χ4n) is 1.17. The van der Waals surface area contributed by atoms with Gasteiger partial charge in [0, 0.05) is 6.42 Å². The molecule has 0 radical (unpaired) electrons. The minimum Gasteiger partial charge on any atom is -0.506 e. The van der Waals surface area contributed by atoms with Crippen LogP contribution in [0.4, 0.5) is 0 Å². The van der Waals surface area contributed by atoms with Crippen molar-refractivity contribution >= 4 is 17.4 Å². The monoisotopic (exact) mass is 198 g/mol. The molecular weight excluding hydrogens is 188 g/mol. The van der Waals surface area contributed by atoms with Gasteiger partial charge in [-0.2, -0.15) is 0 Å². The molecule has 0 aromatic heterocycles. The van der Waals surface area contributed by atoms with Crippen molar-refractivity contribution in [1.82, 2.24) is 0 Å². The van der Waals surface area contributed by atoms with E-state index < -0.39 is 0 Å². The van der Waals surface area contributed by atoms with E-state index >= 15 is 0 Å². The van der Waals surface area contributed by atoms with Crippen LogP contribution in [0.25, 0.3) is 0 Å². The Balaban J connectivity index is 3.08. The van der Waals surface area contributed by atoms with Crippen molar-refractivity contribution in [3.05, 3.63) is 28.3 Å². The fourth-order valence-corrected chi connectivity index (χ4v) is 1.35. The molecule has 2 nitrogen and oxygen atoms in total. The zero-order valence-corrected chi connectivity index (χ0v) is 8.35. The summed E-state index contributed by atoms with van der Waals surface area (Å²) in [6, 6.07) is 3.20. The molecular formula is C10H11ClO2. The van der Waals surface area contributed by atoms with Gasteiger partial charge in [0.15, 0.2) is 0 Å². The Morgan fingerprint density at radius 2 is 2.15 bits per heavy atom. The largest absolute Gasteiger partial charge is 0.506 e. The highest BCUT2D eigenvalue weighted by Crippen LogP contribution is 2.26. The number of hydrogen-bond acceptors (Lipinski definition) is 2. The van der Waals surface area contributed by atoms with Crippen molar-refractivity contribution in [3.8, 4) is 5.75 Å². The first-order valence-electron chi connectivity index (χ1n) is 3.98. The molecule has 3 heteroatoms. The molecule has 0 aliphatic rings. The number of phenols is 1. The molecule has 0 atom stereocenters. The number of phenolic OH excluding ortho intramolecular Hbond substituents is 1. The molecule has 0 heterocycles. The van der Waals surface area contributed by atoms with Crippen molar-refractivity contribution in [2.75, 3.05) is 0 Å². The van der Waals surface area contributed by atoms with E-state index in [1.165, 1.54) is 6.92 Å². The van der Waals surface area contributed by atoms with Crippen LogP contribution in [0.5, 0.6) is 5.75 Å². The highest BCUT2D eigenvalue weighted by Gasteiger charge is 2.06. The average molecular weight is 199 g/mol. The summed E-state index contributed by atoms with van der Waals surface area (Å²) in [6.45, 7) is 3.37. The molecule has 0 unspecified atom stereocenters. The lowest BCUT2D eigenvalue weighted by atomic mass is 10.0. The second kappa shape index (κ2) is 3.79. The van der Waals surface area contributed by atoms with Crippen molar-refractivity contribution in [1.29, 1.82) is 0 Å². The van der Waals surface area contributed by atoms with Gasteiger partial charge in [0.05, 0.1) is 5.02 Å². The number of carbonyl (C=O) groups is 1. The van der Waals surface area contributed by atoms with Gasteiger partial charge >= 0.3 is 0 Å². The van der Waals surface area contributed by atoms with E-state index in [-0.39, 0.29) is 11.5 Å². The van der Waals surface area contributed by atoms with Crippen molar-refractivity contribution in [2.45, 2.75) is 20.3 Å². The van der Waals surface area contributed by atoms with Crippen LogP contribution in [0.3, 0.4) is 0 Å². The third-order valence-electron chi connectivity index (χ3n) is 1.84. The van der Waals surface area contributed by atoms with Gasteiger partial charge in [-0.15, -0.1) is 0 Å². The van der Waals surface area contributed by atoms with E-state index in [0.717, 1.165) is 11.1 Å². The lowest BCUT2D eigenvalue weighted by Crippen LogP contribution is -1.98. The molecule has 1 aromatic rings. The number of benzene rings is 1. The molecule has 0 spiro atoms. The second-order valence-corrected chi connectivity index (χ2v) is 3.52. The third kappa shape index (κ3) is 2.46. The summed E-state index contributed by atoms with van der Waals surface area (Å²) in [5.41, 5.74) is 1.76. The van der Waals surface area contributed by atoms with Crippen molar-refractivity contribution in [2.24, 2.45) is 0 Å². The van der Waals surface area contributed by atoms with E-state index in [1.807, 2.05) is 6.92 Å². The van der Waals surface area contributed by atoms with E-state index in [4.69, 9.17) is 11.6 Å². The van der Waals surface area contributed by atoms with Gasteiger partial charge < -0.3 is 5.11 Å². The quantitative estimate of drug-likeness (QED) is 0.793. The predicted octanol–water partition coefficient (Wildman–Crippen LogP) is 2.49. The first kappa shape index (κ1) is 10.1. The standard InChI is InChI=1S/C10H11ClO2/c1-6-3-10(13)9(11)5-8(6)4-7(2)12/h3,5,13H,4H2,1-2H3. The summed E-state index contributed by atoms with van der Waals surface area (Å²) in [7, 11) is 0. The number of halogens is 1. The van der Waals surface area contributed by atoms with Gasteiger partial charge in [-0.1, -0.05) is 11.6 Å². The number of carbonyl (C=O) groups excluding carboxylic acids is 1. The predicted molar refractivity (Wildman–Crippen MR) is 52.2 cm³/mol. The zero-order valence-electron chi connectivity index (χ0n) is 7.60. The van der Waals surface area contributed by atoms with Crippen LogP contribution in [0.1, 0.15) is 18.1 Å². The molecule has 1 rings (SSSR count). The van der Waals surface area contributed by atoms with Crippen molar-refractivity contribution < 1.29 is 9.90 Å². The van der Waals surface area contributed by atoms with Crippen LogP contribution in [-0.2, 0) is 11.2 Å². The van der Waals surface area contributed by atoms with Crippen LogP contribution in [-0.4, -0.2) is 10.9 Å². The fraction of sp³-hybridized carbons (Fsp3) is 0.300. The van der Waals surface area contributed by atoms with Gasteiger partial charge in [-0.3, -0.25) is 4.79 Å². The summed E-state index contributed by atoms with van der Waals surface area (Å²) in [5, 5.41) is 9.54. The zero-order chi connectivity index (χ0) is 10.0. The number of ketones is 1. The highest BCUT2D eigenvalue weighted by molar-refractivity contribution is 6.32. The first-order chi connectivity index (χ1) is 6.00. The maximum atomic E-state index is 10.9. The van der Waals surface area contributed by atoms with E-state index in [2.05, 4.69) is 0 Å². The molecule has 0 aliphatic heterocycles. The number of Topliss-reactive ketones (excluding diaryl/α,β-unsaturated/α-hetero) is 1. The normalized spacial score (nSPS) is 10.1. The molecule has 0 saturated heterocycles. The summed E-state index contributed by atoms with van der Waals surface area (Å²) in [4.78, 5) is 10.9. The Kier molecular flexibility index (Phi) is 2.94.